The molecule has 1 aliphatic heterocycles. The van der Waals surface area contributed by atoms with Gasteiger partial charge in [0, 0.05) is 31.2 Å². The molecule has 0 bridgehead atoms. The highest BCUT2D eigenvalue weighted by atomic mass is 32.2. The third-order valence-corrected chi connectivity index (χ3v) is 7.56. The molecule has 1 atom stereocenters. The molecule has 1 fully saturated rings. The molecule has 8 nitrogen and oxygen atoms in total. The fourth-order valence-electron chi connectivity index (χ4n) is 3.86. The van der Waals surface area contributed by atoms with Gasteiger partial charge in [0.05, 0.1) is 12.0 Å². The normalized spacial score (nSPS) is 16.7. The zero-order valence-corrected chi connectivity index (χ0v) is 19.2. The van der Waals surface area contributed by atoms with Crippen molar-refractivity contribution in [2.24, 2.45) is 0 Å². The molecule has 0 aromatic heterocycles. The molecule has 3 rings (SSSR count). The number of carbonyl (C=O) groups excluding carboxylic acids is 2. The van der Waals surface area contributed by atoms with Gasteiger partial charge in [0.2, 0.25) is 10.0 Å². The summed E-state index contributed by atoms with van der Waals surface area (Å²) in [4.78, 5) is 24.3. The van der Waals surface area contributed by atoms with Crippen LogP contribution in [0.25, 0.3) is 0 Å². The summed E-state index contributed by atoms with van der Waals surface area (Å²) in [6, 6.07) is 11.6. The third kappa shape index (κ3) is 6.29. The van der Waals surface area contributed by atoms with E-state index in [-0.39, 0.29) is 24.0 Å². The number of piperidine rings is 1. The van der Waals surface area contributed by atoms with Gasteiger partial charge in [-0.05, 0) is 49.6 Å². The predicted octanol–water partition coefficient (Wildman–Crippen LogP) is 2.20. The Morgan fingerprint density at radius 2 is 1.76 bits per heavy atom. The van der Waals surface area contributed by atoms with Crippen molar-refractivity contribution >= 4 is 21.8 Å². The first kappa shape index (κ1) is 24.7. The van der Waals surface area contributed by atoms with Crippen LogP contribution in [0.15, 0.2) is 53.4 Å². The molecule has 2 aromatic rings. The zero-order valence-electron chi connectivity index (χ0n) is 18.4. The number of sulfonamides is 1. The predicted molar refractivity (Wildman–Crippen MR) is 120 cm³/mol. The number of nitrogens with zero attached hydrogens (tertiary/aromatic N) is 1. The molecule has 10 heteroatoms. The molecule has 1 aliphatic rings. The van der Waals surface area contributed by atoms with Gasteiger partial charge in [0.25, 0.3) is 0 Å². The smallest absolute Gasteiger partial charge is 0.309 e. The van der Waals surface area contributed by atoms with E-state index in [4.69, 9.17) is 4.74 Å². The molecule has 0 saturated carbocycles. The van der Waals surface area contributed by atoms with Crippen LogP contribution in [-0.2, 0) is 26.2 Å². The van der Waals surface area contributed by atoms with Crippen LogP contribution in [0.3, 0.4) is 0 Å². The van der Waals surface area contributed by atoms with E-state index < -0.39 is 27.7 Å². The summed E-state index contributed by atoms with van der Waals surface area (Å²) in [6.07, 6.45) is 2.62. The maximum Gasteiger partial charge on any atom is 0.309 e. The second-order valence-electron chi connectivity index (χ2n) is 7.76. The van der Waals surface area contributed by atoms with Gasteiger partial charge < -0.3 is 15.4 Å². The summed E-state index contributed by atoms with van der Waals surface area (Å²) in [6.45, 7) is 0.654. The molecular formula is C23H28FN3O5S. The number of ether oxygens (including phenoxy) is 1. The average Bonchev–Trinajstić information content (AvgIpc) is 2.83. The van der Waals surface area contributed by atoms with Crippen molar-refractivity contribution in [1.82, 2.24) is 14.9 Å². The standard InChI is InChI=1S/C23H28FN3O5S/c1-32-21-8-3-2-6-17(21)16-26-23(29)22(28)25-14-13-19-7-4-5-15-27(19)33(30,31)20-11-9-18(24)10-12-20/h2-3,6,8-12,19H,4-5,7,13-16H2,1H3,(H,25,28)(H,26,29). The van der Waals surface area contributed by atoms with E-state index in [0.29, 0.717) is 25.1 Å². The summed E-state index contributed by atoms with van der Waals surface area (Å²) in [5.74, 6) is -1.46. The monoisotopic (exact) mass is 477 g/mol. The SMILES string of the molecule is COc1ccccc1CNC(=O)C(=O)NCCC1CCCCN1S(=O)(=O)c1ccc(F)cc1. The van der Waals surface area contributed by atoms with Gasteiger partial charge in [-0.25, -0.2) is 12.8 Å². The van der Waals surface area contributed by atoms with E-state index in [2.05, 4.69) is 10.6 Å². The molecule has 1 unspecified atom stereocenters. The summed E-state index contributed by atoms with van der Waals surface area (Å²) in [5, 5.41) is 5.11. The Morgan fingerprint density at radius 1 is 1.06 bits per heavy atom. The number of nitrogens with one attached hydrogen (secondary N) is 2. The Labute approximate surface area is 193 Å². The molecule has 1 heterocycles. The molecule has 2 N–H and O–H groups in total. The van der Waals surface area contributed by atoms with E-state index >= 15 is 0 Å². The number of amides is 2. The van der Waals surface area contributed by atoms with E-state index in [9.17, 15) is 22.4 Å². The minimum atomic E-state index is -3.78. The Hall–Kier alpha value is -2.98. The molecule has 1 saturated heterocycles. The lowest BCUT2D eigenvalue weighted by atomic mass is 10.0. The Balaban J connectivity index is 1.53. The lowest BCUT2D eigenvalue weighted by Crippen LogP contribution is -2.46. The highest BCUT2D eigenvalue weighted by molar-refractivity contribution is 7.89. The summed E-state index contributed by atoms with van der Waals surface area (Å²) in [7, 11) is -2.25. The number of benzene rings is 2. The van der Waals surface area contributed by atoms with Crippen molar-refractivity contribution in [3.8, 4) is 5.75 Å². The van der Waals surface area contributed by atoms with Crippen molar-refractivity contribution in [2.75, 3.05) is 20.2 Å². The van der Waals surface area contributed by atoms with Gasteiger partial charge in [-0.2, -0.15) is 4.31 Å². The Kier molecular flexibility index (Phi) is 8.40. The topological polar surface area (TPSA) is 105 Å². The van der Waals surface area contributed by atoms with Gasteiger partial charge in [-0.1, -0.05) is 24.6 Å². The van der Waals surface area contributed by atoms with Crippen LogP contribution in [0.2, 0.25) is 0 Å². The first-order valence-corrected chi connectivity index (χ1v) is 12.2. The maximum atomic E-state index is 13.2. The van der Waals surface area contributed by atoms with E-state index in [1.165, 1.54) is 23.5 Å². The van der Waals surface area contributed by atoms with Crippen LogP contribution in [0.4, 0.5) is 4.39 Å². The molecule has 0 spiro atoms. The zero-order chi connectivity index (χ0) is 23.8. The molecule has 0 radical (unpaired) electrons. The van der Waals surface area contributed by atoms with Crippen LogP contribution < -0.4 is 15.4 Å². The van der Waals surface area contributed by atoms with Crippen molar-refractivity contribution in [2.45, 2.75) is 43.2 Å². The fourth-order valence-corrected chi connectivity index (χ4v) is 5.58. The van der Waals surface area contributed by atoms with Crippen LogP contribution in [-0.4, -0.2) is 50.8 Å². The molecule has 33 heavy (non-hydrogen) atoms. The van der Waals surface area contributed by atoms with Gasteiger partial charge >= 0.3 is 11.8 Å². The fraction of sp³-hybridized carbons (Fsp3) is 0.391. The van der Waals surface area contributed by atoms with Crippen LogP contribution >= 0.6 is 0 Å². The first-order valence-electron chi connectivity index (χ1n) is 10.8. The van der Waals surface area contributed by atoms with Gasteiger partial charge in [0.1, 0.15) is 11.6 Å². The van der Waals surface area contributed by atoms with Crippen molar-refractivity contribution in [3.05, 3.63) is 59.9 Å². The van der Waals surface area contributed by atoms with Gasteiger partial charge in [0.15, 0.2) is 0 Å². The highest BCUT2D eigenvalue weighted by Crippen LogP contribution is 2.27. The molecular weight excluding hydrogens is 449 g/mol. The number of para-hydroxylation sites is 1. The second-order valence-corrected chi connectivity index (χ2v) is 9.65. The van der Waals surface area contributed by atoms with Crippen LogP contribution in [0.1, 0.15) is 31.2 Å². The Morgan fingerprint density at radius 3 is 2.48 bits per heavy atom. The minimum Gasteiger partial charge on any atom is -0.496 e. The summed E-state index contributed by atoms with van der Waals surface area (Å²) >= 11 is 0. The van der Waals surface area contributed by atoms with E-state index in [0.717, 1.165) is 30.5 Å². The number of halogens is 1. The second kappa shape index (κ2) is 11.2. The summed E-state index contributed by atoms with van der Waals surface area (Å²) in [5.41, 5.74) is 0.741. The third-order valence-electron chi connectivity index (χ3n) is 5.59. The number of rotatable bonds is 8. The Bertz CT molecular complexity index is 1080. The number of hydrogen-bond donors (Lipinski definition) is 2. The van der Waals surface area contributed by atoms with E-state index in [1.54, 1.807) is 18.2 Å². The first-order chi connectivity index (χ1) is 15.8. The van der Waals surface area contributed by atoms with Crippen molar-refractivity contribution in [3.63, 3.8) is 0 Å². The van der Waals surface area contributed by atoms with Crippen molar-refractivity contribution < 1.29 is 27.1 Å². The van der Waals surface area contributed by atoms with Gasteiger partial charge in [-0.15, -0.1) is 0 Å². The maximum absolute atomic E-state index is 13.2. The lowest BCUT2D eigenvalue weighted by Gasteiger charge is -2.34. The average molecular weight is 478 g/mol. The largest absolute Gasteiger partial charge is 0.496 e. The van der Waals surface area contributed by atoms with Gasteiger partial charge in [-0.3, -0.25) is 9.59 Å². The number of carbonyl (C=O) groups is 2. The molecule has 2 amide bonds. The number of methoxy groups -OCH3 is 1. The highest BCUT2D eigenvalue weighted by Gasteiger charge is 2.33. The van der Waals surface area contributed by atoms with Crippen LogP contribution in [0, 0.1) is 5.82 Å². The number of hydrogen-bond acceptors (Lipinski definition) is 5. The van der Waals surface area contributed by atoms with Crippen molar-refractivity contribution in [1.29, 1.82) is 0 Å². The summed E-state index contributed by atoms with van der Waals surface area (Å²) < 4.78 is 45.9. The molecule has 0 aliphatic carbocycles. The quantitative estimate of drug-likeness (QED) is 0.567. The molecule has 178 valence electrons. The van der Waals surface area contributed by atoms with Crippen LogP contribution in [0.5, 0.6) is 5.75 Å². The lowest BCUT2D eigenvalue weighted by molar-refractivity contribution is -0.139. The van der Waals surface area contributed by atoms with E-state index in [1.807, 2.05) is 6.07 Å². The molecule has 2 aromatic carbocycles. The minimum absolute atomic E-state index is 0.0375.